The number of piperidine rings is 1. The summed E-state index contributed by atoms with van der Waals surface area (Å²) >= 11 is 0. The summed E-state index contributed by atoms with van der Waals surface area (Å²) in [5, 5.41) is 5.09. The Morgan fingerprint density at radius 2 is 1.86 bits per heavy atom. The van der Waals surface area contributed by atoms with E-state index in [9.17, 15) is 13.2 Å². The van der Waals surface area contributed by atoms with Crippen LogP contribution < -0.4 is 10.8 Å². The van der Waals surface area contributed by atoms with Crippen molar-refractivity contribution in [2.45, 2.75) is 43.3 Å². The molecule has 2 aliphatic heterocycles. The molecule has 2 fully saturated rings. The van der Waals surface area contributed by atoms with Gasteiger partial charge in [-0.2, -0.15) is 4.31 Å². The van der Waals surface area contributed by atoms with Crippen molar-refractivity contribution >= 4 is 32.7 Å². The average molecular weight is 526 g/mol. The number of nitrogens with zero attached hydrogens (tertiary/aromatic N) is 3. The molecule has 5 rings (SSSR count). The summed E-state index contributed by atoms with van der Waals surface area (Å²) in [6.45, 7) is 2.07. The third-order valence-electron chi connectivity index (χ3n) is 6.72. The lowest BCUT2D eigenvalue weighted by molar-refractivity contribution is -0.186. The second kappa shape index (κ2) is 11.5. The van der Waals surface area contributed by atoms with Gasteiger partial charge in [-0.1, -0.05) is 30.3 Å². The topological polar surface area (TPSA) is 123 Å². The number of carbonyl (C=O) groups excluding carboxylic acids is 1. The van der Waals surface area contributed by atoms with Gasteiger partial charge in [0.25, 0.3) is 5.91 Å². The standard InChI is InChI=1S/C26H31N5O5S/c32-25(30-36-24-9-3-4-13-35-24)22-16-28-26(29-17-22)27-15-19-6-5-12-31(18-19)37(33,34)23-11-10-20-7-1-2-8-21(20)14-23/h1-2,7-8,10-11,14,16-17,19,24H,3-6,9,12-13,15,18H2,(H,30,32)(H,27,28,29). The zero-order valence-corrected chi connectivity index (χ0v) is 21.3. The number of benzene rings is 2. The Balaban J connectivity index is 1.14. The first-order chi connectivity index (χ1) is 18.0. The minimum absolute atomic E-state index is 0.111. The number of hydroxylamine groups is 1. The van der Waals surface area contributed by atoms with Crippen LogP contribution in [-0.2, 0) is 19.6 Å². The van der Waals surface area contributed by atoms with Gasteiger partial charge in [-0.05, 0) is 54.5 Å². The SMILES string of the molecule is O=C(NOC1CCCCO1)c1cnc(NCC2CCCN(S(=O)(=O)c3ccc4ccccc4c3)C2)nc1. The van der Waals surface area contributed by atoms with E-state index in [0.717, 1.165) is 42.9 Å². The fourth-order valence-electron chi connectivity index (χ4n) is 4.64. The van der Waals surface area contributed by atoms with Gasteiger partial charge in [0.15, 0.2) is 6.29 Å². The van der Waals surface area contributed by atoms with Gasteiger partial charge >= 0.3 is 0 Å². The maximum atomic E-state index is 13.3. The molecular formula is C26H31N5O5S. The molecule has 1 amide bonds. The number of hydrogen-bond acceptors (Lipinski definition) is 8. The van der Waals surface area contributed by atoms with E-state index >= 15 is 0 Å². The number of amides is 1. The Morgan fingerprint density at radius 3 is 2.65 bits per heavy atom. The zero-order chi connectivity index (χ0) is 25.7. The molecule has 3 aromatic rings. The average Bonchev–Trinajstić information content (AvgIpc) is 2.95. The van der Waals surface area contributed by atoms with E-state index in [1.807, 2.05) is 30.3 Å². The molecule has 0 saturated carbocycles. The highest BCUT2D eigenvalue weighted by atomic mass is 32.2. The minimum Gasteiger partial charge on any atom is -0.354 e. The number of sulfonamides is 1. The van der Waals surface area contributed by atoms with Crippen molar-refractivity contribution in [1.82, 2.24) is 19.8 Å². The van der Waals surface area contributed by atoms with Crippen LogP contribution in [0.1, 0.15) is 42.5 Å². The van der Waals surface area contributed by atoms with Crippen molar-refractivity contribution < 1.29 is 22.8 Å². The predicted molar refractivity (Wildman–Crippen MR) is 138 cm³/mol. The largest absolute Gasteiger partial charge is 0.354 e. The number of carbonyl (C=O) groups is 1. The van der Waals surface area contributed by atoms with Gasteiger partial charge < -0.3 is 10.1 Å². The first-order valence-corrected chi connectivity index (χ1v) is 14.1. The van der Waals surface area contributed by atoms with Crippen molar-refractivity contribution in [3.05, 3.63) is 60.4 Å². The summed E-state index contributed by atoms with van der Waals surface area (Å²) in [7, 11) is -3.59. The quantitative estimate of drug-likeness (QED) is 0.430. The Kier molecular flexibility index (Phi) is 7.94. The van der Waals surface area contributed by atoms with E-state index in [4.69, 9.17) is 9.57 Å². The molecule has 2 atom stereocenters. The van der Waals surface area contributed by atoms with Crippen LogP contribution in [0.15, 0.2) is 59.8 Å². The van der Waals surface area contributed by atoms with E-state index in [1.165, 1.54) is 12.4 Å². The van der Waals surface area contributed by atoms with Gasteiger partial charge in [-0.3, -0.25) is 4.79 Å². The monoisotopic (exact) mass is 525 g/mol. The van der Waals surface area contributed by atoms with Crippen LogP contribution in [0.4, 0.5) is 5.95 Å². The molecule has 11 heteroatoms. The maximum absolute atomic E-state index is 13.3. The molecule has 0 aliphatic carbocycles. The smallest absolute Gasteiger partial charge is 0.278 e. The van der Waals surface area contributed by atoms with Crippen LogP contribution in [0.3, 0.4) is 0 Å². The third-order valence-corrected chi connectivity index (χ3v) is 8.59. The van der Waals surface area contributed by atoms with Crippen molar-refractivity contribution in [2.75, 3.05) is 31.6 Å². The Labute approximate surface area is 216 Å². The molecule has 0 bridgehead atoms. The van der Waals surface area contributed by atoms with Crippen LogP contribution in [-0.4, -0.2) is 61.1 Å². The van der Waals surface area contributed by atoms with Gasteiger partial charge in [0, 0.05) is 45.1 Å². The second-order valence-electron chi connectivity index (χ2n) is 9.40. The summed E-state index contributed by atoms with van der Waals surface area (Å²) in [6, 6.07) is 13.0. The fourth-order valence-corrected chi connectivity index (χ4v) is 6.23. The molecule has 0 spiro atoms. The summed E-state index contributed by atoms with van der Waals surface area (Å²) in [6.07, 6.45) is 6.83. The first kappa shape index (κ1) is 25.5. The van der Waals surface area contributed by atoms with Crippen molar-refractivity contribution in [1.29, 1.82) is 0 Å². The van der Waals surface area contributed by atoms with Crippen molar-refractivity contribution in [3.8, 4) is 0 Å². The highest BCUT2D eigenvalue weighted by molar-refractivity contribution is 7.89. The third kappa shape index (κ3) is 6.24. The predicted octanol–water partition coefficient (Wildman–Crippen LogP) is 3.33. The fraction of sp³-hybridized carbons (Fsp3) is 0.423. The summed E-state index contributed by atoms with van der Waals surface area (Å²) < 4.78 is 33.7. The molecule has 2 aromatic carbocycles. The van der Waals surface area contributed by atoms with E-state index in [2.05, 4.69) is 20.8 Å². The van der Waals surface area contributed by atoms with Gasteiger partial charge in [0.05, 0.1) is 10.5 Å². The van der Waals surface area contributed by atoms with E-state index < -0.39 is 22.2 Å². The van der Waals surface area contributed by atoms with Crippen LogP contribution in [0.5, 0.6) is 0 Å². The van der Waals surface area contributed by atoms with Gasteiger partial charge in [0.1, 0.15) is 0 Å². The summed E-state index contributed by atoms with van der Waals surface area (Å²) in [4.78, 5) is 26.3. The van der Waals surface area contributed by atoms with Gasteiger partial charge in [0.2, 0.25) is 16.0 Å². The number of aromatic nitrogens is 2. The highest BCUT2D eigenvalue weighted by Gasteiger charge is 2.30. The lowest BCUT2D eigenvalue weighted by atomic mass is 10.00. The van der Waals surface area contributed by atoms with Crippen LogP contribution >= 0.6 is 0 Å². The molecule has 10 nitrogen and oxygen atoms in total. The number of nitrogens with one attached hydrogen (secondary N) is 2. The Morgan fingerprint density at radius 1 is 1.05 bits per heavy atom. The molecule has 3 heterocycles. The van der Waals surface area contributed by atoms with Crippen molar-refractivity contribution in [2.24, 2.45) is 5.92 Å². The number of rotatable bonds is 8. The number of fused-ring (bicyclic) bond motifs is 1. The van der Waals surface area contributed by atoms with Gasteiger partial charge in [-0.15, -0.1) is 0 Å². The summed E-state index contributed by atoms with van der Waals surface area (Å²) in [5.74, 6) is 0.0459. The van der Waals surface area contributed by atoms with Crippen LogP contribution in [0.25, 0.3) is 10.8 Å². The lowest BCUT2D eigenvalue weighted by Gasteiger charge is -2.32. The van der Waals surface area contributed by atoms with Crippen molar-refractivity contribution in [3.63, 3.8) is 0 Å². The van der Waals surface area contributed by atoms with Crippen LogP contribution in [0, 0.1) is 5.92 Å². The van der Waals surface area contributed by atoms with E-state index in [0.29, 0.717) is 37.1 Å². The first-order valence-electron chi connectivity index (χ1n) is 12.6. The number of hydrogen-bond donors (Lipinski definition) is 2. The minimum atomic E-state index is -3.59. The normalized spacial score (nSPS) is 21.0. The molecule has 196 valence electrons. The van der Waals surface area contributed by atoms with E-state index in [-0.39, 0.29) is 11.5 Å². The van der Waals surface area contributed by atoms with Crippen LogP contribution in [0.2, 0.25) is 0 Å². The van der Waals surface area contributed by atoms with Gasteiger partial charge in [-0.25, -0.2) is 28.7 Å². The highest BCUT2D eigenvalue weighted by Crippen LogP contribution is 2.26. The lowest BCUT2D eigenvalue weighted by Crippen LogP contribution is -2.41. The molecule has 1 aromatic heterocycles. The molecule has 2 aliphatic rings. The molecule has 2 N–H and O–H groups in total. The number of anilines is 1. The zero-order valence-electron chi connectivity index (χ0n) is 20.5. The molecule has 2 saturated heterocycles. The number of ether oxygens (including phenoxy) is 1. The summed E-state index contributed by atoms with van der Waals surface area (Å²) in [5.41, 5.74) is 2.66. The molecule has 2 unspecified atom stereocenters. The molecular weight excluding hydrogens is 494 g/mol. The molecule has 0 radical (unpaired) electrons. The Hall–Kier alpha value is -3.12. The maximum Gasteiger partial charge on any atom is 0.278 e. The van der Waals surface area contributed by atoms with E-state index in [1.54, 1.807) is 16.4 Å². The molecule has 37 heavy (non-hydrogen) atoms. The Bertz CT molecular complexity index is 1330. The second-order valence-corrected chi connectivity index (χ2v) is 11.3.